The number of aliphatic carboxylic acids is 1. The van der Waals surface area contributed by atoms with Gasteiger partial charge in [0.15, 0.2) is 0 Å². The smallest absolute Gasteiger partial charge is 0.416 e. The molecule has 2 aromatic carbocycles. The average molecular weight is 308 g/mol. The molecule has 116 valence electrons. The molecular weight excluding hydrogens is 293 g/mol. The third kappa shape index (κ3) is 3.13. The molecule has 0 amide bonds. The first-order chi connectivity index (χ1) is 10.1. The van der Waals surface area contributed by atoms with Gasteiger partial charge in [-0.05, 0) is 42.7 Å². The molecule has 2 aromatic rings. The van der Waals surface area contributed by atoms with Gasteiger partial charge in [0.2, 0.25) is 0 Å². The molecule has 0 aliphatic carbocycles. The summed E-state index contributed by atoms with van der Waals surface area (Å²) in [5.74, 6) is -0.935. The molecule has 2 rings (SSSR count). The highest BCUT2D eigenvalue weighted by Crippen LogP contribution is 2.31. The molecule has 0 heterocycles. The molecular formula is C17H15F3O2. The van der Waals surface area contributed by atoms with E-state index in [1.165, 1.54) is 12.1 Å². The summed E-state index contributed by atoms with van der Waals surface area (Å²) < 4.78 is 37.6. The van der Waals surface area contributed by atoms with E-state index in [1.807, 2.05) is 0 Å². The van der Waals surface area contributed by atoms with Gasteiger partial charge in [-0.15, -0.1) is 0 Å². The summed E-state index contributed by atoms with van der Waals surface area (Å²) in [5.41, 5.74) is 0.306. The van der Waals surface area contributed by atoms with E-state index in [2.05, 4.69) is 0 Å². The Morgan fingerprint density at radius 2 is 1.18 bits per heavy atom. The lowest BCUT2D eigenvalue weighted by Gasteiger charge is -2.19. The molecule has 0 fully saturated rings. The Morgan fingerprint density at radius 1 is 0.818 bits per heavy atom. The Balaban J connectivity index is 2.30. The maximum atomic E-state index is 12.5. The van der Waals surface area contributed by atoms with Crippen LogP contribution in [0.25, 0.3) is 11.1 Å². The van der Waals surface area contributed by atoms with E-state index < -0.39 is 23.1 Å². The van der Waals surface area contributed by atoms with Gasteiger partial charge in [-0.3, -0.25) is 4.79 Å². The lowest BCUT2D eigenvalue weighted by molar-refractivity contribution is -0.142. The second-order valence-corrected chi connectivity index (χ2v) is 5.58. The molecule has 0 aromatic heterocycles. The number of carbonyl (C=O) groups is 1. The second kappa shape index (κ2) is 5.48. The molecule has 0 unspecified atom stereocenters. The normalized spacial score (nSPS) is 12.2. The zero-order valence-electron chi connectivity index (χ0n) is 12.1. The van der Waals surface area contributed by atoms with Crippen LogP contribution in [0, 0.1) is 0 Å². The Labute approximate surface area is 126 Å². The van der Waals surface area contributed by atoms with Crippen molar-refractivity contribution in [1.29, 1.82) is 0 Å². The third-order valence-corrected chi connectivity index (χ3v) is 3.69. The topological polar surface area (TPSA) is 37.3 Å². The zero-order valence-corrected chi connectivity index (χ0v) is 12.1. The molecule has 5 heteroatoms. The number of hydrogen-bond donors (Lipinski definition) is 1. The number of rotatable bonds is 3. The van der Waals surface area contributed by atoms with Crippen LogP contribution in [0.2, 0.25) is 0 Å². The van der Waals surface area contributed by atoms with Crippen molar-refractivity contribution in [3.63, 3.8) is 0 Å². The predicted octanol–water partition coefficient (Wildman–Crippen LogP) is 4.73. The first-order valence-corrected chi connectivity index (χ1v) is 6.64. The summed E-state index contributed by atoms with van der Waals surface area (Å²) in [4.78, 5) is 11.2. The number of carboxylic acids is 1. The first kappa shape index (κ1) is 16.1. The van der Waals surface area contributed by atoms with Crippen LogP contribution in [-0.4, -0.2) is 11.1 Å². The van der Waals surface area contributed by atoms with Crippen molar-refractivity contribution < 1.29 is 23.1 Å². The molecule has 0 bridgehead atoms. The van der Waals surface area contributed by atoms with E-state index in [-0.39, 0.29) is 0 Å². The number of hydrogen-bond acceptors (Lipinski definition) is 1. The van der Waals surface area contributed by atoms with E-state index in [0.717, 1.165) is 17.7 Å². The van der Waals surface area contributed by atoms with Gasteiger partial charge in [0.1, 0.15) is 0 Å². The fourth-order valence-corrected chi connectivity index (χ4v) is 2.05. The van der Waals surface area contributed by atoms with E-state index in [0.29, 0.717) is 11.1 Å². The van der Waals surface area contributed by atoms with Crippen LogP contribution in [0.1, 0.15) is 25.0 Å². The van der Waals surface area contributed by atoms with Crippen LogP contribution in [-0.2, 0) is 16.4 Å². The van der Waals surface area contributed by atoms with Gasteiger partial charge in [0, 0.05) is 0 Å². The number of benzene rings is 2. The van der Waals surface area contributed by atoms with Gasteiger partial charge in [-0.1, -0.05) is 36.4 Å². The van der Waals surface area contributed by atoms with Crippen LogP contribution in [0.15, 0.2) is 48.5 Å². The van der Waals surface area contributed by atoms with Crippen LogP contribution in [0.3, 0.4) is 0 Å². The molecule has 0 spiro atoms. The maximum absolute atomic E-state index is 12.5. The fourth-order valence-electron chi connectivity index (χ4n) is 2.05. The van der Waals surface area contributed by atoms with Crippen molar-refractivity contribution in [1.82, 2.24) is 0 Å². The van der Waals surface area contributed by atoms with Crippen LogP contribution >= 0.6 is 0 Å². The van der Waals surface area contributed by atoms with E-state index in [1.54, 1.807) is 38.1 Å². The van der Waals surface area contributed by atoms with Crippen molar-refractivity contribution in [3.05, 3.63) is 59.7 Å². The SMILES string of the molecule is CC(C)(C(=O)O)c1ccc(-c2ccc(C(F)(F)F)cc2)cc1. The molecule has 2 nitrogen and oxygen atoms in total. The summed E-state index contributed by atoms with van der Waals surface area (Å²) in [5, 5.41) is 9.18. The first-order valence-electron chi connectivity index (χ1n) is 6.64. The highest BCUT2D eigenvalue weighted by atomic mass is 19.4. The highest BCUT2D eigenvalue weighted by Gasteiger charge is 2.30. The zero-order chi connectivity index (χ0) is 16.5. The Bertz CT molecular complexity index is 669. The molecule has 0 aliphatic rings. The lowest BCUT2D eigenvalue weighted by Crippen LogP contribution is -2.28. The quantitative estimate of drug-likeness (QED) is 0.889. The van der Waals surface area contributed by atoms with Gasteiger partial charge < -0.3 is 5.11 Å². The Morgan fingerprint density at radius 3 is 1.50 bits per heavy atom. The molecule has 0 aliphatic heterocycles. The molecule has 0 atom stereocenters. The minimum Gasteiger partial charge on any atom is -0.481 e. The summed E-state index contributed by atoms with van der Waals surface area (Å²) in [6.45, 7) is 3.20. The lowest BCUT2D eigenvalue weighted by atomic mass is 9.84. The monoisotopic (exact) mass is 308 g/mol. The average Bonchev–Trinajstić information content (AvgIpc) is 2.46. The molecule has 0 saturated heterocycles. The van der Waals surface area contributed by atoms with Crippen molar-refractivity contribution >= 4 is 5.97 Å². The summed E-state index contributed by atoms with van der Waals surface area (Å²) >= 11 is 0. The standard InChI is InChI=1S/C17H15F3O2/c1-16(2,15(21)22)13-7-3-11(4-8-13)12-5-9-14(10-6-12)17(18,19)20/h3-10H,1-2H3,(H,21,22). The van der Waals surface area contributed by atoms with Crippen molar-refractivity contribution in [2.75, 3.05) is 0 Å². The van der Waals surface area contributed by atoms with Crippen molar-refractivity contribution in [2.45, 2.75) is 25.4 Å². The molecule has 1 N–H and O–H groups in total. The highest BCUT2D eigenvalue weighted by molar-refractivity contribution is 5.80. The van der Waals surface area contributed by atoms with Crippen LogP contribution < -0.4 is 0 Å². The minimum absolute atomic E-state index is 0.635. The molecule has 0 saturated carbocycles. The van der Waals surface area contributed by atoms with Gasteiger partial charge in [-0.25, -0.2) is 0 Å². The summed E-state index contributed by atoms with van der Waals surface area (Å²) in [6, 6.07) is 11.7. The van der Waals surface area contributed by atoms with Gasteiger partial charge in [0.05, 0.1) is 11.0 Å². The minimum atomic E-state index is -4.35. The molecule has 22 heavy (non-hydrogen) atoms. The van der Waals surface area contributed by atoms with Crippen molar-refractivity contribution in [2.24, 2.45) is 0 Å². The van der Waals surface area contributed by atoms with E-state index in [9.17, 15) is 23.1 Å². The second-order valence-electron chi connectivity index (χ2n) is 5.58. The van der Waals surface area contributed by atoms with Gasteiger partial charge in [0.25, 0.3) is 0 Å². The van der Waals surface area contributed by atoms with Crippen LogP contribution in [0.5, 0.6) is 0 Å². The number of halogens is 3. The largest absolute Gasteiger partial charge is 0.481 e. The predicted molar refractivity (Wildman–Crippen MR) is 77.5 cm³/mol. The maximum Gasteiger partial charge on any atom is 0.416 e. The van der Waals surface area contributed by atoms with E-state index in [4.69, 9.17) is 0 Å². The van der Waals surface area contributed by atoms with E-state index >= 15 is 0 Å². The molecule has 0 radical (unpaired) electrons. The fraction of sp³-hybridized carbons (Fsp3) is 0.235. The van der Waals surface area contributed by atoms with Gasteiger partial charge in [-0.2, -0.15) is 13.2 Å². The van der Waals surface area contributed by atoms with Crippen LogP contribution in [0.4, 0.5) is 13.2 Å². The van der Waals surface area contributed by atoms with Crippen molar-refractivity contribution in [3.8, 4) is 11.1 Å². The number of carboxylic acid groups (broad SMARTS) is 1. The summed E-state index contributed by atoms with van der Waals surface area (Å²) in [6.07, 6.45) is -4.35. The summed E-state index contributed by atoms with van der Waals surface area (Å²) in [7, 11) is 0. The third-order valence-electron chi connectivity index (χ3n) is 3.69. The van der Waals surface area contributed by atoms with Gasteiger partial charge >= 0.3 is 12.1 Å². The number of alkyl halides is 3. The Hall–Kier alpha value is -2.30. The Kier molecular flexibility index (Phi) is 4.00.